The van der Waals surface area contributed by atoms with Crippen LogP contribution in [-0.2, 0) is 19.1 Å². The lowest BCUT2D eigenvalue weighted by molar-refractivity contribution is -0.145. The van der Waals surface area contributed by atoms with E-state index in [9.17, 15) is 9.59 Å². The number of epoxide rings is 1. The van der Waals surface area contributed by atoms with Crippen LogP contribution in [0.1, 0.15) is 6.92 Å². The molecule has 1 heterocycles. The highest BCUT2D eigenvalue weighted by molar-refractivity contribution is 6.26. The van der Waals surface area contributed by atoms with Gasteiger partial charge in [0, 0.05) is 0 Å². The molecule has 1 fully saturated rings. The van der Waals surface area contributed by atoms with Crippen molar-refractivity contribution in [3.05, 3.63) is 11.6 Å². The molecular weight excluding hydrogens is 208 g/mol. The first-order valence-corrected chi connectivity index (χ1v) is 4.80. The predicted octanol–water partition coefficient (Wildman–Crippen LogP) is 0.433. The van der Waals surface area contributed by atoms with Crippen LogP contribution in [0.25, 0.3) is 0 Å². The first-order valence-electron chi connectivity index (χ1n) is 4.26. The Bertz CT molecular complexity index is 323. The van der Waals surface area contributed by atoms with Crippen LogP contribution in [0.2, 0.25) is 0 Å². The maximum atomic E-state index is 11.2. The molecule has 0 bridgehead atoms. The zero-order valence-electron chi connectivity index (χ0n) is 7.53. The third-order valence-corrected chi connectivity index (χ3v) is 2.51. The summed E-state index contributed by atoms with van der Waals surface area (Å²) in [5, 5.41) is 0. The summed E-state index contributed by atoms with van der Waals surface area (Å²) in [6, 6.07) is 0. The Morgan fingerprint density at radius 1 is 1.71 bits per heavy atom. The van der Waals surface area contributed by atoms with Crippen molar-refractivity contribution in [1.82, 2.24) is 0 Å². The molecule has 0 unspecified atom stereocenters. The van der Waals surface area contributed by atoms with Crippen molar-refractivity contribution in [1.29, 1.82) is 0 Å². The molecule has 4 nitrogen and oxygen atoms in total. The molecule has 0 amide bonds. The number of carbonyl (C=O) groups excluding carboxylic acids is 2. The Morgan fingerprint density at radius 2 is 2.43 bits per heavy atom. The molecule has 5 heteroatoms. The fourth-order valence-corrected chi connectivity index (χ4v) is 1.63. The Morgan fingerprint density at radius 3 is 3.07 bits per heavy atom. The number of hydrogen-bond acceptors (Lipinski definition) is 4. The lowest BCUT2D eigenvalue weighted by atomic mass is 9.97. The Balaban J connectivity index is 2.09. The number of esters is 1. The highest BCUT2D eigenvalue weighted by Gasteiger charge is 2.54. The van der Waals surface area contributed by atoms with Crippen LogP contribution in [0.3, 0.4) is 0 Å². The summed E-state index contributed by atoms with van der Waals surface area (Å²) >= 11 is 5.31. The summed E-state index contributed by atoms with van der Waals surface area (Å²) in [6.45, 7) is 1.74. The molecule has 1 saturated heterocycles. The maximum absolute atomic E-state index is 11.2. The van der Waals surface area contributed by atoms with Gasteiger partial charge in [-0.05, 0) is 18.6 Å². The van der Waals surface area contributed by atoms with Crippen LogP contribution in [0.5, 0.6) is 0 Å². The van der Waals surface area contributed by atoms with E-state index in [2.05, 4.69) is 0 Å². The molecule has 0 aromatic carbocycles. The van der Waals surface area contributed by atoms with Gasteiger partial charge in [-0.15, -0.1) is 11.6 Å². The smallest absolute Gasteiger partial charge is 0.321 e. The number of alkyl halides is 1. The second kappa shape index (κ2) is 3.37. The molecule has 0 N–H and O–H groups in total. The van der Waals surface area contributed by atoms with Crippen molar-refractivity contribution >= 4 is 23.4 Å². The first-order chi connectivity index (χ1) is 6.63. The second-order valence-corrected chi connectivity index (χ2v) is 3.62. The van der Waals surface area contributed by atoms with Gasteiger partial charge < -0.3 is 9.47 Å². The van der Waals surface area contributed by atoms with Crippen LogP contribution in [0, 0.1) is 0 Å². The van der Waals surface area contributed by atoms with E-state index < -0.39 is 18.2 Å². The molecule has 0 saturated carbocycles. The van der Waals surface area contributed by atoms with Crippen LogP contribution < -0.4 is 0 Å². The summed E-state index contributed by atoms with van der Waals surface area (Å²) in [5.74, 6) is -0.728. The molecule has 0 spiro atoms. The lowest BCUT2D eigenvalue weighted by Gasteiger charge is -2.18. The first kappa shape index (κ1) is 9.68. The van der Waals surface area contributed by atoms with E-state index in [1.54, 1.807) is 6.92 Å². The summed E-state index contributed by atoms with van der Waals surface area (Å²) in [5.41, 5.74) is 0.715. The van der Waals surface area contributed by atoms with Gasteiger partial charge in [0.15, 0.2) is 18.0 Å². The normalized spacial score (nSPS) is 34.6. The average Bonchev–Trinajstić information content (AvgIpc) is 2.91. The molecule has 0 aromatic heterocycles. The molecular formula is C9H9ClO4. The quantitative estimate of drug-likeness (QED) is 0.382. The largest absolute Gasteiger partial charge is 0.454 e. The number of ketones is 1. The minimum Gasteiger partial charge on any atom is -0.454 e. The van der Waals surface area contributed by atoms with E-state index >= 15 is 0 Å². The van der Waals surface area contributed by atoms with E-state index in [1.165, 1.54) is 6.08 Å². The highest BCUT2D eigenvalue weighted by atomic mass is 35.5. The fourth-order valence-electron chi connectivity index (χ4n) is 1.56. The molecule has 0 aromatic rings. The van der Waals surface area contributed by atoms with E-state index in [0.717, 1.165) is 0 Å². The lowest BCUT2D eigenvalue weighted by Crippen LogP contribution is -2.32. The molecule has 1 aliphatic carbocycles. The monoisotopic (exact) mass is 216 g/mol. The Labute approximate surface area is 85.8 Å². The molecule has 2 rings (SSSR count). The minimum atomic E-state index is -0.493. The summed E-state index contributed by atoms with van der Waals surface area (Å²) in [4.78, 5) is 22.1. The van der Waals surface area contributed by atoms with E-state index in [-0.39, 0.29) is 17.8 Å². The van der Waals surface area contributed by atoms with Gasteiger partial charge in [-0.2, -0.15) is 0 Å². The van der Waals surface area contributed by atoms with Gasteiger partial charge >= 0.3 is 5.97 Å². The van der Waals surface area contributed by atoms with Gasteiger partial charge in [0.1, 0.15) is 12.0 Å². The van der Waals surface area contributed by atoms with Gasteiger partial charge in [-0.25, -0.2) is 0 Å². The number of carbonyl (C=O) groups is 2. The highest BCUT2D eigenvalue weighted by Crippen LogP contribution is 2.36. The molecule has 1 aliphatic heterocycles. The summed E-state index contributed by atoms with van der Waals surface area (Å²) in [7, 11) is 0. The van der Waals surface area contributed by atoms with E-state index in [1.807, 2.05) is 0 Å². The van der Waals surface area contributed by atoms with Crippen molar-refractivity contribution in [2.24, 2.45) is 0 Å². The maximum Gasteiger partial charge on any atom is 0.321 e. The zero-order chi connectivity index (χ0) is 10.3. The number of rotatable bonds is 2. The van der Waals surface area contributed by atoms with Crippen molar-refractivity contribution in [2.45, 2.75) is 25.2 Å². The van der Waals surface area contributed by atoms with Crippen molar-refractivity contribution < 1.29 is 19.1 Å². The second-order valence-electron chi connectivity index (χ2n) is 3.36. The average molecular weight is 217 g/mol. The van der Waals surface area contributed by atoms with Crippen molar-refractivity contribution in [3.8, 4) is 0 Å². The SMILES string of the molecule is CC1=CC(=O)[C@@H]2O[C@@H]2[C@H]1OC(=O)CCl. The van der Waals surface area contributed by atoms with Crippen LogP contribution in [0.4, 0.5) is 0 Å². The minimum absolute atomic E-state index is 0.0503. The van der Waals surface area contributed by atoms with Gasteiger partial charge in [0.2, 0.25) is 0 Å². The Kier molecular flexibility index (Phi) is 2.33. The molecule has 76 valence electrons. The molecule has 0 radical (unpaired) electrons. The van der Waals surface area contributed by atoms with E-state index in [0.29, 0.717) is 5.57 Å². The predicted molar refractivity (Wildman–Crippen MR) is 48.0 cm³/mol. The standard InChI is InChI=1S/C9H9ClO4/c1-4-2-5(11)8-9(14-8)7(4)13-6(12)3-10/h2,7-9H,3H2,1H3/t7-,8-,9+/m0/s1. The van der Waals surface area contributed by atoms with Gasteiger partial charge in [0.25, 0.3) is 0 Å². The van der Waals surface area contributed by atoms with Gasteiger partial charge in [-0.1, -0.05) is 0 Å². The number of ether oxygens (including phenoxy) is 2. The zero-order valence-corrected chi connectivity index (χ0v) is 8.28. The summed E-state index contributed by atoms with van der Waals surface area (Å²) < 4.78 is 10.1. The molecule has 2 aliphatic rings. The fraction of sp³-hybridized carbons (Fsp3) is 0.556. The third-order valence-electron chi connectivity index (χ3n) is 2.29. The Hall–Kier alpha value is -0.870. The topological polar surface area (TPSA) is 55.9 Å². The van der Waals surface area contributed by atoms with E-state index in [4.69, 9.17) is 21.1 Å². The number of fused-ring (bicyclic) bond motifs is 1. The van der Waals surface area contributed by atoms with Gasteiger partial charge in [-0.3, -0.25) is 9.59 Å². The van der Waals surface area contributed by atoms with Crippen molar-refractivity contribution in [2.75, 3.05) is 5.88 Å². The van der Waals surface area contributed by atoms with Crippen LogP contribution in [0.15, 0.2) is 11.6 Å². The van der Waals surface area contributed by atoms with Crippen LogP contribution in [-0.4, -0.2) is 35.9 Å². The molecule has 14 heavy (non-hydrogen) atoms. The third kappa shape index (κ3) is 1.55. The van der Waals surface area contributed by atoms with Crippen molar-refractivity contribution in [3.63, 3.8) is 0 Å². The number of halogens is 1. The van der Waals surface area contributed by atoms with Gasteiger partial charge in [0.05, 0.1) is 0 Å². The molecule has 3 atom stereocenters. The summed E-state index contributed by atoms with van der Waals surface area (Å²) in [6.07, 6.45) is 0.316. The number of hydrogen-bond donors (Lipinski definition) is 0. The van der Waals surface area contributed by atoms with Crippen LogP contribution >= 0.6 is 11.6 Å².